The molecule has 55 heavy (non-hydrogen) atoms. The van der Waals surface area contributed by atoms with Crippen molar-refractivity contribution in [3.8, 4) is 44.9 Å². The van der Waals surface area contributed by atoms with Crippen LogP contribution in [0.15, 0.2) is 155 Å². The van der Waals surface area contributed by atoms with Crippen LogP contribution in [0, 0.1) is 0 Å². The molecule has 274 valence electrons. The van der Waals surface area contributed by atoms with Crippen LogP contribution in [0.2, 0.25) is 0 Å². The summed E-state index contributed by atoms with van der Waals surface area (Å²) in [5.74, 6) is 1.63. The molecule has 4 nitrogen and oxygen atoms in total. The van der Waals surface area contributed by atoms with Crippen LogP contribution >= 0.6 is 23.5 Å². The summed E-state index contributed by atoms with van der Waals surface area (Å²) >= 11 is 3.86. The van der Waals surface area contributed by atoms with Crippen LogP contribution in [0.4, 0.5) is 0 Å². The smallest absolute Gasteiger partial charge is 0.127 e. The average molecular weight is 757 g/mol. The highest BCUT2D eigenvalue weighted by atomic mass is 32.2. The van der Waals surface area contributed by atoms with Crippen LogP contribution in [0.25, 0.3) is 54.9 Å². The maximum atomic E-state index is 6.06. The van der Waals surface area contributed by atoms with Crippen LogP contribution in [0.5, 0.6) is 11.5 Å². The molecule has 0 amide bonds. The predicted molar refractivity (Wildman–Crippen MR) is 235 cm³/mol. The lowest BCUT2D eigenvalue weighted by Gasteiger charge is -2.19. The Morgan fingerprint density at radius 1 is 0.673 bits per heavy atom. The van der Waals surface area contributed by atoms with Crippen LogP contribution in [-0.4, -0.2) is 14.2 Å². The fourth-order valence-corrected chi connectivity index (χ4v) is 10.7. The van der Waals surface area contributed by atoms with Crippen molar-refractivity contribution in [2.24, 2.45) is 0 Å². The van der Waals surface area contributed by atoms with Gasteiger partial charge in [0.05, 0.1) is 14.2 Å². The summed E-state index contributed by atoms with van der Waals surface area (Å²) in [6.07, 6.45) is 10.9. The van der Waals surface area contributed by atoms with Gasteiger partial charge in [0, 0.05) is 32.3 Å². The molecular weight excluding hydrogens is 713 g/mol. The van der Waals surface area contributed by atoms with Gasteiger partial charge in [-0.2, -0.15) is 0 Å². The number of benzene rings is 6. The van der Waals surface area contributed by atoms with E-state index in [9.17, 15) is 0 Å². The number of hydrogen-bond acceptors (Lipinski definition) is 6. The van der Waals surface area contributed by atoms with Gasteiger partial charge < -0.3 is 20.1 Å². The number of fused-ring (bicyclic) bond motifs is 2. The van der Waals surface area contributed by atoms with Gasteiger partial charge in [0.1, 0.15) is 22.2 Å². The van der Waals surface area contributed by atoms with Crippen molar-refractivity contribution in [3.05, 3.63) is 166 Å². The van der Waals surface area contributed by atoms with Gasteiger partial charge in [0.25, 0.3) is 0 Å². The summed E-state index contributed by atoms with van der Waals surface area (Å²) in [6.45, 7) is 6.25. The molecule has 2 N–H and O–H groups in total. The fourth-order valence-electron chi connectivity index (χ4n) is 8.10. The van der Waals surface area contributed by atoms with E-state index in [2.05, 4.69) is 145 Å². The van der Waals surface area contributed by atoms with E-state index in [-0.39, 0.29) is 10.7 Å². The Morgan fingerprint density at radius 2 is 1.22 bits per heavy atom. The van der Waals surface area contributed by atoms with Crippen LogP contribution in [0.3, 0.4) is 0 Å². The number of rotatable bonds is 10. The summed E-state index contributed by atoms with van der Waals surface area (Å²) in [7, 11) is 3.50. The second-order valence-electron chi connectivity index (χ2n) is 14.3. The number of allylic oxidation sites excluding steroid dienone is 5. The molecule has 9 rings (SSSR count). The van der Waals surface area contributed by atoms with Crippen molar-refractivity contribution in [1.29, 1.82) is 0 Å². The molecule has 6 aromatic carbocycles. The summed E-state index contributed by atoms with van der Waals surface area (Å²) in [5, 5.41) is 12.4. The van der Waals surface area contributed by atoms with E-state index in [0.29, 0.717) is 0 Å². The zero-order valence-electron chi connectivity index (χ0n) is 31.4. The van der Waals surface area contributed by atoms with Gasteiger partial charge in [0.2, 0.25) is 0 Å². The van der Waals surface area contributed by atoms with Crippen molar-refractivity contribution in [2.45, 2.75) is 43.4 Å². The second kappa shape index (κ2) is 15.1. The third-order valence-corrected chi connectivity index (χ3v) is 13.6. The molecule has 0 saturated heterocycles. The maximum Gasteiger partial charge on any atom is 0.127 e. The van der Waals surface area contributed by atoms with Crippen molar-refractivity contribution in [2.75, 3.05) is 14.2 Å². The maximum absolute atomic E-state index is 6.06. The summed E-state index contributed by atoms with van der Waals surface area (Å²) in [6, 6.07) is 40.0. The number of thioether (sulfide) groups is 2. The number of nitrogens with one attached hydrogen (secondary N) is 2. The first-order chi connectivity index (χ1) is 27.0. The molecule has 1 aliphatic carbocycles. The Morgan fingerprint density at radius 3 is 1.73 bits per heavy atom. The van der Waals surface area contributed by atoms with Crippen molar-refractivity contribution in [3.63, 3.8) is 0 Å². The Hall–Kier alpha value is -5.30. The van der Waals surface area contributed by atoms with Gasteiger partial charge in [-0.3, -0.25) is 0 Å². The van der Waals surface area contributed by atoms with Gasteiger partial charge in [-0.15, -0.1) is 0 Å². The average Bonchev–Trinajstić information content (AvgIpc) is 3.87. The molecule has 0 aromatic heterocycles. The van der Waals surface area contributed by atoms with Gasteiger partial charge in [0.15, 0.2) is 0 Å². The van der Waals surface area contributed by atoms with E-state index in [1.807, 2.05) is 29.6 Å². The van der Waals surface area contributed by atoms with E-state index in [1.54, 1.807) is 14.2 Å². The molecule has 0 bridgehead atoms. The van der Waals surface area contributed by atoms with Crippen LogP contribution < -0.4 is 20.1 Å². The predicted octanol–water partition coefficient (Wildman–Crippen LogP) is 13.4. The first kappa shape index (κ1) is 35.4. The second-order valence-corrected chi connectivity index (χ2v) is 16.7. The summed E-state index contributed by atoms with van der Waals surface area (Å²) in [5.41, 5.74) is 11.8. The van der Waals surface area contributed by atoms with E-state index in [0.717, 1.165) is 69.9 Å². The first-order valence-electron chi connectivity index (χ1n) is 19.1. The number of methoxy groups -OCH3 is 2. The topological polar surface area (TPSA) is 42.5 Å². The monoisotopic (exact) mass is 756 g/mol. The zero-order valence-corrected chi connectivity index (χ0v) is 33.1. The van der Waals surface area contributed by atoms with Crippen molar-refractivity contribution < 1.29 is 9.47 Å². The zero-order chi connectivity index (χ0) is 37.5. The summed E-state index contributed by atoms with van der Waals surface area (Å²) < 4.78 is 12.1. The minimum atomic E-state index is 0.210. The highest BCUT2D eigenvalue weighted by Crippen LogP contribution is 2.48. The quantitative estimate of drug-likeness (QED) is 0.145. The third-order valence-electron chi connectivity index (χ3n) is 10.9. The Kier molecular flexibility index (Phi) is 9.71. The van der Waals surface area contributed by atoms with Crippen LogP contribution in [-0.2, 0) is 0 Å². The lowest BCUT2D eigenvalue weighted by molar-refractivity contribution is 0.411. The third kappa shape index (κ3) is 6.62. The SMILES string of the molecule is C=CC1=C(CCC)SC(c2ccc(-c3ccc4c(-c5c(OC)ccc6cc(-c7ccc(C8NC9=C(CCC=C9)S8)cc7)ccc56)c(OC)ccc4c3)cc2)N1. The highest BCUT2D eigenvalue weighted by Gasteiger charge is 2.26. The Bertz CT molecular complexity index is 2550. The molecule has 3 aliphatic rings. The molecule has 2 aliphatic heterocycles. The van der Waals surface area contributed by atoms with Crippen LogP contribution in [0.1, 0.15) is 54.5 Å². The highest BCUT2D eigenvalue weighted by molar-refractivity contribution is 8.03. The molecule has 2 unspecified atom stereocenters. The standard InChI is InChI=1S/C49H44N2O2S2/c1-5-9-44-40(6-2)50-48(54-44)32-16-12-30(13-17-32)34-20-24-38-36(28-34)22-26-42(52-3)46(38)47-39-25-21-35(29-37(39)23-27-43(47)53-4)31-14-18-33(19-15-31)49-51-41-10-7-8-11-45(41)55-49/h6-7,10,12-29,48-51H,2,5,8-9,11H2,1,3-4H3. The molecular formula is C49H44N2O2S2. The van der Waals surface area contributed by atoms with E-state index < -0.39 is 0 Å². The lowest BCUT2D eigenvalue weighted by Crippen LogP contribution is -2.12. The van der Waals surface area contributed by atoms with E-state index >= 15 is 0 Å². The Balaban J connectivity index is 1.03. The van der Waals surface area contributed by atoms with Gasteiger partial charge in [-0.05, 0) is 111 Å². The molecule has 0 fully saturated rings. The summed E-state index contributed by atoms with van der Waals surface area (Å²) in [4.78, 5) is 2.87. The van der Waals surface area contributed by atoms with Gasteiger partial charge in [-0.1, -0.05) is 134 Å². The minimum Gasteiger partial charge on any atom is -0.496 e. The molecule has 0 saturated carbocycles. The molecule has 6 aromatic rings. The number of hydrogen-bond donors (Lipinski definition) is 2. The van der Waals surface area contributed by atoms with Gasteiger partial charge in [-0.25, -0.2) is 0 Å². The molecule has 2 atom stereocenters. The normalized spacial score (nSPS) is 17.7. The number of ether oxygens (including phenoxy) is 2. The Labute approximate surface area is 332 Å². The minimum absolute atomic E-state index is 0.210. The molecule has 0 radical (unpaired) electrons. The van der Waals surface area contributed by atoms with E-state index in [4.69, 9.17) is 9.47 Å². The first-order valence-corrected chi connectivity index (χ1v) is 20.8. The fraction of sp³-hybridized carbons (Fsp3) is 0.184. The molecule has 0 spiro atoms. The van der Waals surface area contributed by atoms with Crippen molar-refractivity contribution in [1.82, 2.24) is 10.6 Å². The largest absolute Gasteiger partial charge is 0.496 e. The lowest BCUT2D eigenvalue weighted by atomic mass is 9.90. The van der Waals surface area contributed by atoms with E-state index in [1.165, 1.54) is 54.6 Å². The van der Waals surface area contributed by atoms with Gasteiger partial charge >= 0.3 is 0 Å². The van der Waals surface area contributed by atoms with Crippen molar-refractivity contribution >= 4 is 45.1 Å². The molecule has 6 heteroatoms. The molecule has 2 heterocycles.